The van der Waals surface area contributed by atoms with E-state index in [1.54, 1.807) is 6.07 Å². The molecule has 2 rings (SSSR count). The lowest BCUT2D eigenvalue weighted by molar-refractivity contribution is -0.123. The van der Waals surface area contributed by atoms with Crippen LogP contribution in [0.25, 0.3) is 0 Å². The SMILES string of the molecule is Cc1ccc(C(=O)NNC(=O)C2CC2)c(O)c1. The lowest BCUT2D eigenvalue weighted by atomic mass is 10.1. The highest BCUT2D eigenvalue weighted by atomic mass is 16.3. The van der Waals surface area contributed by atoms with E-state index >= 15 is 0 Å². The molecule has 0 spiro atoms. The van der Waals surface area contributed by atoms with Crippen LogP contribution in [0.3, 0.4) is 0 Å². The standard InChI is InChI=1S/C12H14N2O3/c1-7-2-5-9(10(15)6-7)12(17)14-13-11(16)8-3-4-8/h2,5-6,8,15H,3-4H2,1H3,(H,13,16)(H,14,17). The number of aryl methyl sites for hydroxylation is 1. The fraction of sp³-hybridized carbons (Fsp3) is 0.333. The number of aromatic hydroxyl groups is 1. The number of hydrogen-bond donors (Lipinski definition) is 3. The summed E-state index contributed by atoms with van der Waals surface area (Å²) >= 11 is 0. The number of rotatable bonds is 2. The van der Waals surface area contributed by atoms with Crippen molar-refractivity contribution in [2.24, 2.45) is 5.92 Å². The summed E-state index contributed by atoms with van der Waals surface area (Å²) in [6.07, 6.45) is 1.75. The molecule has 0 radical (unpaired) electrons. The van der Waals surface area contributed by atoms with Crippen molar-refractivity contribution in [1.82, 2.24) is 10.9 Å². The fourth-order valence-corrected chi connectivity index (χ4v) is 1.47. The molecule has 1 aliphatic carbocycles. The van der Waals surface area contributed by atoms with Gasteiger partial charge in [0.15, 0.2) is 0 Å². The quantitative estimate of drug-likeness (QED) is 0.664. The molecule has 0 heterocycles. The molecule has 0 bridgehead atoms. The van der Waals surface area contributed by atoms with Crippen LogP contribution in [-0.4, -0.2) is 16.9 Å². The second kappa shape index (κ2) is 4.45. The molecular formula is C12H14N2O3. The first-order chi connectivity index (χ1) is 8.08. The second-order valence-electron chi connectivity index (χ2n) is 4.24. The van der Waals surface area contributed by atoms with Crippen LogP contribution in [-0.2, 0) is 4.79 Å². The van der Waals surface area contributed by atoms with Gasteiger partial charge in [-0.15, -0.1) is 0 Å². The second-order valence-corrected chi connectivity index (χ2v) is 4.24. The van der Waals surface area contributed by atoms with Crippen molar-refractivity contribution in [3.8, 4) is 5.75 Å². The van der Waals surface area contributed by atoms with E-state index in [9.17, 15) is 14.7 Å². The molecule has 5 nitrogen and oxygen atoms in total. The van der Waals surface area contributed by atoms with Crippen molar-refractivity contribution in [2.75, 3.05) is 0 Å². The third kappa shape index (κ3) is 2.75. The van der Waals surface area contributed by atoms with Gasteiger partial charge in [0, 0.05) is 5.92 Å². The minimum Gasteiger partial charge on any atom is -0.507 e. The van der Waals surface area contributed by atoms with Crippen LogP contribution in [0.4, 0.5) is 0 Å². The molecule has 0 aromatic heterocycles. The third-order valence-corrected chi connectivity index (χ3v) is 2.65. The van der Waals surface area contributed by atoms with Crippen molar-refractivity contribution >= 4 is 11.8 Å². The molecule has 1 aromatic carbocycles. The Hall–Kier alpha value is -2.04. The Bertz CT molecular complexity index is 467. The summed E-state index contributed by atoms with van der Waals surface area (Å²) in [5, 5.41) is 9.57. The van der Waals surface area contributed by atoms with Crippen LogP contribution < -0.4 is 10.9 Å². The van der Waals surface area contributed by atoms with Crippen LogP contribution in [0.2, 0.25) is 0 Å². The number of carbonyl (C=O) groups is 2. The third-order valence-electron chi connectivity index (χ3n) is 2.65. The van der Waals surface area contributed by atoms with Gasteiger partial charge >= 0.3 is 0 Å². The number of nitrogens with one attached hydrogen (secondary N) is 2. The normalized spacial score (nSPS) is 14.2. The predicted octanol–water partition coefficient (Wildman–Crippen LogP) is 0.872. The van der Waals surface area contributed by atoms with Crippen molar-refractivity contribution in [3.63, 3.8) is 0 Å². The van der Waals surface area contributed by atoms with E-state index in [0.29, 0.717) is 0 Å². The number of hydrazine groups is 1. The number of amides is 2. The minimum atomic E-state index is -0.517. The maximum atomic E-state index is 11.6. The van der Waals surface area contributed by atoms with E-state index in [1.165, 1.54) is 12.1 Å². The lowest BCUT2D eigenvalue weighted by Crippen LogP contribution is -2.42. The molecule has 0 aliphatic heterocycles. The van der Waals surface area contributed by atoms with Gasteiger partial charge in [0.2, 0.25) is 5.91 Å². The fourth-order valence-electron chi connectivity index (χ4n) is 1.47. The summed E-state index contributed by atoms with van der Waals surface area (Å²) in [5.41, 5.74) is 5.62. The van der Waals surface area contributed by atoms with E-state index in [-0.39, 0.29) is 23.1 Å². The molecule has 5 heteroatoms. The molecule has 1 aliphatic rings. The highest BCUT2D eigenvalue weighted by Gasteiger charge is 2.29. The number of carbonyl (C=O) groups excluding carboxylic acids is 2. The Balaban J connectivity index is 1.96. The Morgan fingerprint density at radius 2 is 2.00 bits per heavy atom. The van der Waals surface area contributed by atoms with Gasteiger partial charge in [-0.25, -0.2) is 0 Å². The molecule has 3 N–H and O–H groups in total. The molecule has 1 fully saturated rings. The van der Waals surface area contributed by atoms with Crippen LogP contribution in [0, 0.1) is 12.8 Å². The van der Waals surface area contributed by atoms with Crippen molar-refractivity contribution in [1.29, 1.82) is 0 Å². The molecule has 0 unspecified atom stereocenters. The van der Waals surface area contributed by atoms with Crippen molar-refractivity contribution < 1.29 is 14.7 Å². The topological polar surface area (TPSA) is 78.4 Å². The predicted molar refractivity (Wildman–Crippen MR) is 61.2 cm³/mol. The van der Waals surface area contributed by atoms with E-state index in [2.05, 4.69) is 10.9 Å². The first-order valence-electron chi connectivity index (χ1n) is 5.48. The smallest absolute Gasteiger partial charge is 0.273 e. The lowest BCUT2D eigenvalue weighted by Gasteiger charge is -2.08. The average Bonchev–Trinajstić information content (AvgIpc) is 3.09. The van der Waals surface area contributed by atoms with Crippen molar-refractivity contribution in [2.45, 2.75) is 19.8 Å². The molecule has 0 saturated heterocycles. The maximum Gasteiger partial charge on any atom is 0.273 e. The van der Waals surface area contributed by atoms with E-state index in [4.69, 9.17) is 0 Å². The van der Waals surface area contributed by atoms with Crippen molar-refractivity contribution in [3.05, 3.63) is 29.3 Å². The maximum absolute atomic E-state index is 11.6. The van der Waals surface area contributed by atoms with Crippen LogP contribution in [0.1, 0.15) is 28.8 Å². The zero-order chi connectivity index (χ0) is 12.4. The molecule has 2 amide bonds. The van der Waals surface area contributed by atoms with Crippen LogP contribution in [0.5, 0.6) is 5.75 Å². The Morgan fingerprint density at radius 1 is 1.29 bits per heavy atom. The van der Waals surface area contributed by atoms with Crippen LogP contribution in [0.15, 0.2) is 18.2 Å². The summed E-state index contributed by atoms with van der Waals surface area (Å²) in [4.78, 5) is 22.9. The average molecular weight is 234 g/mol. The van der Waals surface area contributed by atoms with Gasteiger partial charge < -0.3 is 5.11 Å². The van der Waals surface area contributed by atoms with Crippen LogP contribution >= 0.6 is 0 Å². The summed E-state index contributed by atoms with van der Waals surface area (Å²) in [6, 6.07) is 4.73. The Morgan fingerprint density at radius 3 is 2.59 bits per heavy atom. The Kier molecular flexibility index (Phi) is 2.99. The molecular weight excluding hydrogens is 220 g/mol. The zero-order valence-corrected chi connectivity index (χ0v) is 9.49. The van der Waals surface area contributed by atoms with Gasteiger partial charge in [0.05, 0.1) is 5.56 Å². The molecule has 0 atom stereocenters. The summed E-state index contributed by atoms with van der Waals surface area (Å²) in [5.74, 6) is -0.758. The van der Waals surface area contributed by atoms with Gasteiger partial charge in [-0.1, -0.05) is 6.07 Å². The first-order valence-corrected chi connectivity index (χ1v) is 5.48. The molecule has 1 aromatic rings. The summed E-state index contributed by atoms with van der Waals surface area (Å²) < 4.78 is 0. The van der Waals surface area contributed by atoms with E-state index < -0.39 is 5.91 Å². The molecule has 1 saturated carbocycles. The summed E-state index contributed by atoms with van der Waals surface area (Å²) in [7, 11) is 0. The van der Waals surface area contributed by atoms with Gasteiger partial charge in [-0.05, 0) is 37.5 Å². The molecule has 17 heavy (non-hydrogen) atoms. The summed E-state index contributed by atoms with van der Waals surface area (Å²) in [6.45, 7) is 1.82. The highest BCUT2D eigenvalue weighted by Crippen LogP contribution is 2.28. The number of hydrogen-bond acceptors (Lipinski definition) is 3. The number of phenolic OH excluding ortho intramolecular Hbond substituents is 1. The number of phenols is 1. The zero-order valence-electron chi connectivity index (χ0n) is 9.49. The van der Waals surface area contributed by atoms with Gasteiger partial charge in [-0.3, -0.25) is 20.4 Å². The largest absolute Gasteiger partial charge is 0.507 e. The van der Waals surface area contributed by atoms with E-state index in [1.807, 2.05) is 6.92 Å². The number of benzene rings is 1. The van der Waals surface area contributed by atoms with Gasteiger partial charge in [-0.2, -0.15) is 0 Å². The first kappa shape index (κ1) is 11.4. The Labute approximate surface area is 98.8 Å². The van der Waals surface area contributed by atoms with E-state index in [0.717, 1.165) is 18.4 Å². The van der Waals surface area contributed by atoms with Gasteiger partial charge in [0.1, 0.15) is 5.75 Å². The highest BCUT2D eigenvalue weighted by molar-refractivity contribution is 5.98. The van der Waals surface area contributed by atoms with Gasteiger partial charge in [0.25, 0.3) is 5.91 Å². The monoisotopic (exact) mass is 234 g/mol. The molecule has 90 valence electrons. The minimum absolute atomic E-state index is 0.0296.